The molecular weight excluding hydrogens is 371 g/mol. The first kappa shape index (κ1) is 19.0. The first-order valence-electron chi connectivity index (χ1n) is 9.58. The highest BCUT2D eigenvalue weighted by Crippen LogP contribution is 2.41. The van der Waals surface area contributed by atoms with Crippen LogP contribution in [0.2, 0.25) is 0 Å². The van der Waals surface area contributed by atoms with Crippen LogP contribution in [0.3, 0.4) is 0 Å². The Morgan fingerprint density at radius 1 is 1.21 bits per heavy atom. The number of amides is 2. The molecule has 6 heteroatoms. The van der Waals surface area contributed by atoms with Crippen LogP contribution in [-0.2, 0) is 4.79 Å². The summed E-state index contributed by atoms with van der Waals surface area (Å²) in [5.74, 6) is 2.45. The topological polar surface area (TPSA) is 49.9 Å². The monoisotopic (exact) mass is 392 g/mol. The Labute approximate surface area is 169 Å². The molecule has 0 N–H and O–H groups in total. The molecule has 0 unspecified atom stereocenters. The van der Waals surface area contributed by atoms with Gasteiger partial charge in [0.05, 0.1) is 19.2 Å². The van der Waals surface area contributed by atoms with Crippen LogP contribution in [0.15, 0.2) is 48.5 Å². The zero-order valence-electron chi connectivity index (χ0n) is 15.9. The highest BCUT2D eigenvalue weighted by Gasteiger charge is 2.40. The van der Waals surface area contributed by atoms with Crippen molar-refractivity contribution in [2.24, 2.45) is 5.92 Å². The first-order valence-corrected chi connectivity index (χ1v) is 9.58. The lowest BCUT2D eigenvalue weighted by Gasteiger charge is -2.44. The molecule has 2 atom stereocenters. The molecule has 1 saturated heterocycles. The number of nitrogens with zero attached hydrogens (tertiary/aromatic N) is 2. The summed E-state index contributed by atoms with van der Waals surface area (Å²) in [6.45, 7) is 1.28. The van der Waals surface area contributed by atoms with Crippen LogP contribution in [0.1, 0.15) is 28.4 Å². The molecule has 1 fully saturated rings. The minimum absolute atomic E-state index is 0.0860. The molecule has 0 saturated carbocycles. The number of para-hydroxylation sites is 1. The Kier molecular flexibility index (Phi) is 5.22. The van der Waals surface area contributed by atoms with Crippen molar-refractivity contribution in [3.05, 3.63) is 65.5 Å². The van der Waals surface area contributed by atoms with Gasteiger partial charge in [0.2, 0.25) is 5.91 Å². The molecular formula is C23H21FN2O3. The van der Waals surface area contributed by atoms with E-state index in [1.807, 2.05) is 24.3 Å². The summed E-state index contributed by atoms with van der Waals surface area (Å²) in [6.07, 6.45) is 5.63. The van der Waals surface area contributed by atoms with E-state index < -0.39 is 5.82 Å². The van der Waals surface area contributed by atoms with E-state index in [4.69, 9.17) is 11.2 Å². The highest BCUT2D eigenvalue weighted by molar-refractivity contribution is 5.95. The maximum atomic E-state index is 13.4. The summed E-state index contributed by atoms with van der Waals surface area (Å²) in [6, 6.07) is 12.9. The number of terminal acetylenes is 1. The molecule has 4 rings (SSSR count). The van der Waals surface area contributed by atoms with Gasteiger partial charge >= 0.3 is 0 Å². The standard InChI is InChI=1S/C23H21FN2O3/c1-2-12-25-14-17-15-29-20-6-4-3-5-19(20)22(17)26(13-11-21(25)27)23(28)16-7-9-18(24)10-8-16/h1,3-10,17,22H,11-15H2/t17-,22-/m0/s1. The summed E-state index contributed by atoms with van der Waals surface area (Å²) in [5, 5.41) is 0. The van der Waals surface area contributed by atoms with E-state index >= 15 is 0 Å². The molecule has 0 aromatic heterocycles. The lowest BCUT2D eigenvalue weighted by atomic mass is 9.87. The third-order valence-electron chi connectivity index (χ3n) is 5.48. The van der Waals surface area contributed by atoms with Crippen molar-refractivity contribution < 1.29 is 18.7 Å². The van der Waals surface area contributed by atoms with E-state index in [1.165, 1.54) is 24.3 Å². The Balaban J connectivity index is 1.75. The van der Waals surface area contributed by atoms with Gasteiger partial charge in [-0.05, 0) is 30.3 Å². The van der Waals surface area contributed by atoms with E-state index in [0.717, 1.165) is 11.3 Å². The minimum Gasteiger partial charge on any atom is -0.493 e. The zero-order valence-corrected chi connectivity index (χ0v) is 15.9. The predicted molar refractivity (Wildman–Crippen MR) is 106 cm³/mol. The second-order valence-corrected chi connectivity index (χ2v) is 7.29. The van der Waals surface area contributed by atoms with Gasteiger partial charge in [-0.25, -0.2) is 4.39 Å². The van der Waals surface area contributed by atoms with Crippen LogP contribution in [0.4, 0.5) is 4.39 Å². The highest BCUT2D eigenvalue weighted by atomic mass is 19.1. The molecule has 0 bridgehead atoms. The lowest BCUT2D eigenvalue weighted by molar-refractivity contribution is -0.133. The van der Waals surface area contributed by atoms with Gasteiger partial charge in [-0.2, -0.15) is 0 Å². The lowest BCUT2D eigenvalue weighted by Crippen LogP contribution is -2.51. The van der Waals surface area contributed by atoms with Gasteiger partial charge < -0.3 is 14.5 Å². The molecule has 5 nitrogen and oxygen atoms in total. The summed E-state index contributed by atoms with van der Waals surface area (Å²) in [7, 11) is 0. The smallest absolute Gasteiger partial charge is 0.254 e. The number of halogens is 1. The first-order chi connectivity index (χ1) is 14.1. The van der Waals surface area contributed by atoms with Crippen molar-refractivity contribution >= 4 is 11.8 Å². The molecule has 29 heavy (non-hydrogen) atoms. The maximum Gasteiger partial charge on any atom is 0.254 e. The Morgan fingerprint density at radius 3 is 2.72 bits per heavy atom. The van der Waals surface area contributed by atoms with E-state index in [2.05, 4.69) is 5.92 Å². The number of ether oxygens (including phenoxy) is 1. The van der Waals surface area contributed by atoms with Gasteiger partial charge in [0.15, 0.2) is 0 Å². The molecule has 0 radical (unpaired) electrons. The van der Waals surface area contributed by atoms with Crippen molar-refractivity contribution in [3.8, 4) is 18.1 Å². The van der Waals surface area contributed by atoms with Gasteiger partial charge in [0.1, 0.15) is 11.6 Å². The Bertz CT molecular complexity index is 967. The second-order valence-electron chi connectivity index (χ2n) is 7.29. The Hall–Kier alpha value is -3.33. The number of benzene rings is 2. The predicted octanol–water partition coefficient (Wildman–Crippen LogP) is 2.88. The van der Waals surface area contributed by atoms with E-state index in [0.29, 0.717) is 18.7 Å². The molecule has 2 aromatic rings. The molecule has 2 aromatic carbocycles. The molecule has 0 spiro atoms. The van der Waals surface area contributed by atoms with Gasteiger partial charge in [-0.15, -0.1) is 6.42 Å². The molecule has 2 aliphatic heterocycles. The zero-order chi connectivity index (χ0) is 20.4. The third kappa shape index (κ3) is 3.68. The number of carbonyl (C=O) groups is 2. The SMILES string of the molecule is C#CCN1C[C@H]2COc3ccccc3[C@H]2N(C(=O)c2ccc(F)cc2)CCC1=O. The minimum atomic E-state index is -0.399. The fraction of sp³-hybridized carbons (Fsp3) is 0.304. The van der Waals surface area contributed by atoms with Crippen molar-refractivity contribution in [1.29, 1.82) is 0 Å². The van der Waals surface area contributed by atoms with Crippen LogP contribution in [-0.4, -0.2) is 47.9 Å². The van der Waals surface area contributed by atoms with Crippen molar-refractivity contribution in [1.82, 2.24) is 9.80 Å². The summed E-state index contributed by atoms with van der Waals surface area (Å²) >= 11 is 0. The van der Waals surface area contributed by atoms with E-state index in [1.54, 1.807) is 9.80 Å². The van der Waals surface area contributed by atoms with Crippen LogP contribution >= 0.6 is 0 Å². The quantitative estimate of drug-likeness (QED) is 0.739. The average Bonchev–Trinajstić information content (AvgIpc) is 2.73. The van der Waals surface area contributed by atoms with Crippen LogP contribution in [0.5, 0.6) is 5.75 Å². The van der Waals surface area contributed by atoms with Crippen molar-refractivity contribution in [3.63, 3.8) is 0 Å². The van der Waals surface area contributed by atoms with Gasteiger partial charge in [-0.3, -0.25) is 9.59 Å². The molecule has 2 aliphatic rings. The van der Waals surface area contributed by atoms with Crippen molar-refractivity contribution in [2.45, 2.75) is 12.5 Å². The van der Waals surface area contributed by atoms with Crippen LogP contribution in [0, 0.1) is 24.1 Å². The van der Waals surface area contributed by atoms with Gasteiger partial charge in [0.25, 0.3) is 5.91 Å². The largest absolute Gasteiger partial charge is 0.493 e. The fourth-order valence-electron chi connectivity index (χ4n) is 4.12. The number of fused-ring (bicyclic) bond motifs is 3. The second kappa shape index (κ2) is 7.96. The van der Waals surface area contributed by atoms with Crippen LogP contribution in [0.25, 0.3) is 0 Å². The molecule has 2 amide bonds. The fourth-order valence-corrected chi connectivity index (χ4v) is 4.12. The van der Waals surface area contributed by atoms with Crippen LogP contribution < -0.4 is 4.74 Å². The number of hydrogen-bond donors (Lipinski definition) is 0. The number of rotatable bonds is 2. The van der Waals surface area contributed by atoms with Gasteiger partial charge in [-0.1, -0.05) is 24.1 Å². The van der Waals surface area contributed by atoms with E-state index in [-0.39, 0.29) is 43.3 Å². The summed E-state index contributed by atoms with van der Waals surface area (Å²) < 4.78 is 19.3. The molecule has 148 valence electrons. The summed E-state index contributed by atoms with van der Waals surface area (Å²) in [5.41, 5.74) is 1.30. The normalized spacial score (nSPS) is 21.2. The average molecular weight is 392 g/mol. The Morgan fingerprint density at radius 2 is 1.97 bits per heavy atom. The van der Waals surface area contributed by atoms with E-state index in [9.17, 15) is 14.0 Å². The third-order valence-corrected chi connectivity index (χ3v) is 5.48. The molecule has 2 heterocycles. The summed E-state index contributed by atoms with van der Waals surface area (Å²) in [4.78, 5) is 29.4. The maximum absolute atomic E-state index is 13.4. The number of hydrogen-bond acceptors (Lipinski definition) is 3. The molecule has 0 aliphatic carbocycles. The number of carbonyl (C=O) groups excluding carboxylic acids is 2. The van der Waals surface area contributed by atoms with Gasteiger partial charge in [0, 0.05) is 36.6 Å². The van der Waals surface area contributed by atoms with Crippen molar-refractivity contribution in [2.75, 3.05) is 26.2 Å².